The summed E-state index contributed by atoms with van der Waals surface area (Å²) in [7, 11) is 0. The average Bonchev–Trinajstić information content (AvgIpc) is 2.57. The van der Waals surface area contributed by atoms with Gasteiger partial charge in [-0.25, -0.2) is 9.18 Å². The van der Waals surface area contributed by atoms with Crippen LogP contribution in [0.25, 0.3) is 11.0 Å². The quantitative estimate of drug-likeness (QED) is 0.696. The first kappa shape index (κ1) is 17.8. The number of rotatable bonds is 4. The number of aliphatic hydroxyl groups excluding tert-OH is 3. The molecule has 136 valence electrons. The molecule has 0 spiro atoms. The largest absolute Gasteiger partial charge is 0.464 e. The second kappa shape index (κ2) is 7.09. The SMILES string of the molecule is Cc1cc(=O)oc2c(CF)c(OC3C[C@@H](O)[C@@H](O)[C@@H](CO)O3)ccc12. The lowest BCUT2D eigenvalue weighted by Gasteiger charge is -2.36. The molecule has 1 aromatic heterocycles. The van der Waals surface area contributed by atoms with Gasteiger partial charge in [0.2, 0.25) is 6.29 Å². The highest BCUT2D eigenvalue weighted by Gasteiger charge is 2.37. The van der Waals surface area contributed by atoms with Gasteiger partial charge in [-0.2, -0.15) is 0 Å². The van der Waals surface area contributed by atoms with Gasteiger partial charge in [0.25, 0.3) is 0 Å². The van der Waals surface area contributed by atoms with Gasteiger partial charge < -0.3 is 29.2 Å². The molecule has 1 unspecified atom stereocenters. The predicted molar refractivity (Wildman–Crippen MR) is 85.0 cm³/mol. The molecule has 1 saturated heterocycles. The van der Waals surface area contributed by atoms with Crippen LogP contribution in [0.5, 0.6) is 5.75 Å². The van der Waals surface area contributed by atoms with Crippen LogP contribution in [-0.4, -0.2) is 46.5 Å². The fourth-order valence-electron chi connectivity index (χ4n) is 2.94. The van der Waals surface area contributed by atoms with Crippen molar-refractivity contribution in [1.82, 2.24) is 0 Å². The molecule has 0 aliphatic carbocycles. The summed E-state index contributed by atoms with van der Waals surface area (Å²) in [6.07, 6.45) is -4.44. The maximum atomic E-state index is 13.6. The number of benzene rings is 1. The highest BCUT2D eigenvalue weighted by atomic mass is 19.1. The Balaban J connectivity index is 1.95. The second-order valence-electron chi connectivity index (χ2n) is 6.00. The Kier molecular flexibility index (Phi) is 5.05. The lowest BCUT2D eigenvalue weighted by atomic mass is 10.0. The van der Waals surface area contributed by atoms with E-state index in [0.717, 1.165) is 0 Å². The van der Waals surface area contributed by atoms with Crippen LogP contribution in [0.3, 0.4) is 0 Å². The van der Waals surface area contributed by atoms with Crippen molar-refractivity contribution in [1.29, 1.82) is 0 Å². The zero-order chi connectivity index (χ0) is 18.1. The van der Waals surface area contributed by atoms with Gasteiger partial charge in [-0.05, 0) is 24.6 Å². The van der Waals surface area contributed by atoms with Crippen LogP contribution in [0, 0.1) is 6.92 Å². The standard InChI is InChI=1S/C17H19FO7/c1-8-4-14(21)25-17-9(8)2-3-12(10(17)6-18)23-15-5-11(20)16(22)13(7-19)24-15/h2-4,11,13,15-16,19-20,22H,5-7H2,1H3/t11-,13-,15?,16-/m1/s1. The third-order valence-corrected chi connectivity index (χ3v) is 4.29. The Morgan fingerprint density at radius 3 is 2.80 bits per heavy atom. The number of ether oxygens (including phenoxy) is 2. The number of hydrogen-bond acceptors (Lipinski definition) is 7. The van der Waals surface area contributed by atoms with Crippen molar-refractivity contribution in [3.8, 4) is 5.75 Å². The van der Waals surface area contributed by atoms with Crippen LogP contribution in [0.1, 0.15) is 17.5 Å². The summed E-state index contributed by atoms with van der Waals surface area (Å²) in [5.74, 6) is 0.106. The molecule has 1 fully saturated rings. The molecule has 3 rings (SSSR count). The molecule has 3 N–H and O–H groups in total. The Labute approximate surface area is 142 Å². The Morgan fingerprint density at radius 2 is 2.12 bits per heavy atom. The van der Waals surface area contributed by atoms with Gasteiger partial charge in [0.15, 0.2) is 0 Å². The van der Waals surface area contributed by atoms with Crippen molar-refractivity contribution < 1.29 is 33.6 Å². The summed E-state index contributed by atoms with van der Waals surface area (Å²) in [5.41, 5.74) is 0.216. The van der Waals surface area contributed by atoms with Crippen molar-refractivity contribution in [3.63, 3.8) is 0 Å². The first-order valence-corrected chi connectivity index (χ1v) is 7.86. The first-order chi connectivity index (χ1) is 11.9. The maximum absolute atomic E-state index is 13.6. The van der Waals surface area contributed by atoms with Crippen LogP contribution in [0.4, 0.5) is 4.39 Å². The summed E-state index contributed by atoms with van der Waals surface area (Å²) >= 11 is 0. The average molecular weight is 354 g/mol. The van der Waals surface area contributed by atoms with Crippen LogP contribution >= 0.6 is 0 Å². The van der Waals surface area contributed by atoms with E-state index < -0.39 is 43.5 Å². The fourth-order valence-corrected chi connectivity index (χ4v) is 2.94. The molecule has 2 aromatic rings. The molecule has 1 aliphatic heterocycles. The van der Waals surface area contributed by atoms with E-state index in [0.29, 0.717) is 10.9 Å². The minimum absolute atomic E-state index is 0.0564. The summed E-state index contributed by atoms with van der Waals surface area (Å²) in [6, 6.07) is 4.48. The monoisotopic (exact) mass is 354 g/mol. The van der Waals surface area contributed by atoms with Gasteiger partial charge in [-0.3, -0.25) is 0 Å². The summed E-state index contributed by atoms with van der Waals surface area (Å²) in [4.78, 5) is 11.6. The Morgan fingerprint density at radius 1 is 1.36 bits per heavy atom. The fraction of sp³-hybridized carbons (Fsp3) is 0.471. The molecule has 0 radical (unpaired) electrons. The van der Waals surface area contributed by atoms with Gasteiger partial charge in [-0.1, -0.05) is 0 Å². The third kappa shape index (κ3) is 3.38. The number of aryl methyl sites for hydroxylation is 1. The molecule has 2 heterocycles. The number of hydrogen-bond donors (Lipinski definition) is 3. The maximum Gasteiger partial charge on any atom is 0.336 e. The van der Waals surface area contributed by atoms with Crippen molar-refractivity contribution in [3.05, 3.63) is 39.7 Å². The highest BCUT2D eigenvalue weighted by molar-refractivity contribution is 5.84. The smallest absolute Gasteiger partial charge is 0.336 e. The number of halogens is 1. The Bertz CT molecular complexity index is 818. The molecule has 0 saturated carbocycles. The molecule has 1 aliphatic rings. The Hall–Kier alpha value is -2.00. The van der Waals surface area contributed by atoms with E-state index in [2.05, 4.69) is 0 Å². The topological polar surface area (TPSA) is 109 Å². The lowest BCUT2D eigenvalue weighted by Crippen LogP contribution is -2.51. The van der Waals surface area contributed by atoms with Crippen molar-refractivity contribution >= 4 is 11.0 Å². The van der Waals surface area contributed by atoms with Crippen molar-refractivity contribution in [2.75, 3.05) is 6.61 Å². The van der Waals surface area contributed by atoms with Gasteiger partial charge in [-0.15, -0.1) is 0 Å². The van der Waals surface area contributed by atoms with Gasteiger partial charge in [0.1, 0.15) is 30.2 Å². The van der Waals surface area contributed by atoms with Crippen LogP contribution < -0.4 is 10.4 Å². The normalized spacial score (nSPS) is 26.8. The molecule has 8 heteroatoms. The second-order valence-corrected chi connectivity index (χ2v) is 6.00. The molecule has 25 heavy (non-hydrogen) atoms. The zero-order valence-corrected chi connectivity index (χ0v) is 13.5. The number of fused-ring (bicyclic) bond motifs is 1. The molecule has 1 aromatic carbocycles. The van der Waals surface area contributed by atoms with E-state index in [1.807, 2.05) is 0 Å². The van der Waals surface area contributed by atoms with E-state index in [-0.39, 0.29) is 23.3 Å². The third-order valence-electron chi connectivity index (χ3n) is 4.29. The minimum Gasteiger partial charge on any atom is -0.464 e. The van der Waals surface area contributed by atoms with E-state index in [4.69, 9.17) is 13.9 Å². The van der Waals surface area contributed by atoms with Gasteiger partial charge >= 0.3 is 5.63 Å². The van der Waals surface area contributed by atoms with E-state index >= 15 is 0 Å². The summed E-state index contributed by atoms with van der Waals surface area (Å²) in [6.45, 7) is 0.288. The molecule has 0 amide bonds. The van der Waals surface area contributed by atoms with Gasteiger partial charge in [0.05, 0.1) is 18.3 Å². The van der Waals surface area contributed by atoms with Crippen LogP contribution in [-0.2, 0) is 11.4 Å². The van der Waals surface area contributed by atoms with Crippen LogP contribution in [0.2, 0.25) is 0 Å². The van der Waals surface area contributed by atoms with Crippen molar-refractivity contribution in [2.45, 2.75) is 44.6 Å². The summed E-state index contributed by atoms with van der Waals surface area (Å²) < 4.78 is 29.7. The predicted octanol–water partition coefficient (Wildman–Crippen LogP) is 0.779. The van der Waals surface area contributed by atoms with E-state index in [1.54, 1.807) is 13.0 Å². The molecular formula is C17H19FO7. The van der Waals surface area contributed by atoms with Gasteiger partial charge in [0, 0.05) is 17.9 Å². The number of aliphatic hydroxyl groups is 3. The number of alkyl halides is 1. The minimum atomic E-state index is -1.23. The lowest BCUT2D eigenvalue weighted by molar-refractivity contribution is -0.230. The highest BCUT2D eigenvalue weighted by Crippen LogP contribution is 2.32. The molecule has 0 bridgehead atoms. The molecule has 7 nitrogen and oxygen atoms in total. The first-order valence-electron chi connectivity index (χ1n) is 7.86. The van der Waals surface area contributed by atoms with Crippen molar-refractivity contribution in [2.24, 2.45) is 0 Å². The summed E-state index contributed by atoms with van der Waals surface area (Å²) in [5, 5.41) is 29.4. The van der Waals surface area contributed by atoms with Crippen LogP contribution in [0.15, 0.2) is 27.4 Å². The molecular weight excluding hydrogens is 335 g/mol. The zero-order valence-electron chi connectivity index (χ0n) is 13.5. The van der Waals surface area contributed by atoms with E-state index in [1.165, 1.54) is 12.1 Å². The molecule has 4 atom stereocenters. The van der Waals surface area contributed by atoms with E-state index in [9.17, 15) is 24.5 Å².